The third kappa shape index (κ3) is 3.50. The van der Waals surface area contributed by atoms with Crippen LogP contribution in [0.5, 0.6) is 0 Å². The second kappa shape index (κ2) is 6.87. The van der Waals surface area contributed by atoms with Crippen molar-refractivity contribution < 1.29 is 13.9 Å². The summed E-state index contributed by atoms with van der Waals surface area (Å²) in [6.07, 6.45) is 4.35. The number of rotatable bonds is 1. The molecule has 1 amide bonds. The molecule has 150 valence electrons. The Morgan fingerprint density at radius 1 is 1.25 bits per heavy atom. The molecule has 2 aromatic heterocycles. The minimum Gasteiger partial charge on any atom is -0.444 e. The predicted molar refractivity (Wildman–Crippen MR) is 103 cm³/mol. The van der Waals surface area contributed by atoms with Gasteiger partial charge in [-0.15, -0.1) is 0 Å². The largest absolute Gasteiger partial charge is 0.444 e. The number of likely N-dealkylation sites (tertiary alicyclic amines) is 1. The highest BCUT2D eigenvalue weighted by Gasteiger charge is 2.31. The van der Waals surface area contributed by atoms with Crippen LogP contribution in [0.15, 0.2) is 12.3 Å². The van der Waals surface area contributed by atoms with Crippen molar-refractivity contribution in [1.29, 1.82) is 0 Å². The number of aromatic nitrogens is 3. The Hall–Kier alpha value is -2.44. The topological polar surface area (TPSA) is 60.3 Å². The Kier molecular flexibility index (Phi) is 4.63. The highest BCUT2D eigenvalue weighted by molar-refractivity contribution is 5.68. The smallest absolute Gasteiger partial charge is 0.410 e. The highest BCUT2D eigenvalue weighted by Crippen LogP contribution is 2.34. The first-order chi connectivity index (χ1) is 13.2. The quantitative estimate of drug-likeness (QED) is 0.745. The molecule has 0 N–H and O–H groups in total. The third-order valence-corrected chi connectivity index (χ3v) is 5.56. The summed E-state index contributed by atoms with van der Waals surface area (Å²) in [6, 6.07) is 1.56. The van der Waals surface area contributed by atoms with Gasteiger partial charge in [0.25, 0.3) is 0 Å². The Balaban J connectivity index is 1.52. The first-order valence-corrected chi connectivity index (χ1v) is 9.94. The molecule has 0 aromatic carbocycles. The molecule has 0 spiro atoms. The summed E-state index contributed by atoms with van der Waals surface area (Å²) in [5, 5.41) is 4.87. The van der Waals surface area contributed by atoms with Crippen LogP contribution in [0.25, 0.3) is 5.82 Å². The van der Waals surface area contributed by atoms with Crippen molar-refractivity contribution in [1.82, 2.24) is 19.7 Å². The van der Waals surface area contributed by atoms with Crippen molar-refractivity contribution in [2.75, 3.05) is 13.1 Å². The van der Waals surface area contributed by atoms with Crippen molar-refractivity contribution in [3.63, 3.8) is 0 Å². The number of hydrogen-bond acceptors (Lipinski definition) is 4. The Bertz CT molecular complexity index is 908. The average Bonchev–Trinajstić information content (AvgIpc) is 2.97. The van der Waals surface area contributed by atoms with Crippen LogP contribution in [0, 0.1) is 12.7 Å². The molecule has 0 bridgehead atoms. The van der Waals surface area contributed by atoms with Gasteiger partial charge in [-0.1, -0.05) is 0 Å². The lowest BCUT2D eigenvalue weighted by atomic mass is 9.90. The summed E-state index contributed by atoms with van der Waals surface area (Å²) in [4.78, 5) is 18.4. The molecule has 0 atom stereocenters. The number of carbonyl (C=O) groups is 1. The fraction of sp³-hybridized carbons (Fsp3) is 0.571. The number of fused-ring (bicyclic) bond motifs is 3. The van der Waals surface area contributed by atoms with Gasteiger partial charge in [-0.3, -0.25) is 0 Å². The second-order valence-corrected chi connectivity index (χ2v) is 8.75. The van der Waals surface area contributed by atoms with E-state index in [-0.39, 0.29) is 11.9 Å². The first-order valence-electron chi connectivity index (χ1n) is 9.94. The standard InChI is InChI=1S/C21H27FN4O2/c1-13-17-6-5-15-11-16(22)12-23-19(15)26(17)24-18(13)14-7-9-25(10-8-14)20(27)28-21(2,3)4/h11-12,14H,5-10H2,1-4H3. The van der Waals surface area contributed by atoms with E-state index in [1.807, 2.05) is 25.5 Å². The number of amides is 1. The minimum absolute atomic E-state index is 0.244. The maximum atomic E-state index is 13.5. The molecule has 0 aliphatic carbocycles. The zero-order valence-electron chi connectivity index (χ0n) is 17.0. The van der Waals surface area contributed by atoms with E-state index in [0.717, 1.165) is 48.5 Å². The molecule has 0 radical (unpaired) electrons. The lowest BCUT2D eigenvalue weighted by molar-refractivity contribution is 0.0204. The molecule has 28 heavy (non-hydrogen) atoms. The molecular weight excluding hydrogens is 359 g/mol. The monoisotopic (exact) mass is 386 g/mol. The molecule has 2 aliphatic rings. The highest BCUT2D eigenvalue weighted by atomic mass is 19.1. The van der Waals surface area contributed by atoms with Gasteiger partial charge in [0.15, 0.2) is 5.82 Å². The van der Waals surface area contributed by atoms with Crippen LogP contribution < -0.4 is 0 Å². The first kappa shape index (κ1) is 18.9. The van der Waals surface area contributed by atoms with Gasteiger partial charge < -0.3 is 9.64 Å². The number of hydrogen-bond donors (Lipinski definition) is 0. The van der Waals surface area contributed by atoms with E-state index in [0.29, 0.717) is 19.0 Å². The molecule has 1 fully saturated rings. The van der Waals surface area contributed by atoms with Gasteiger partial charge in [0, 0.05) is 30.3 Å². The number of aryl methyl sites for hydroxylation is 1. The molecule has 4 rings (SSSR count). The predicted octanol–water partition coefficient (Wildman–Crippen LogP) is 3.93. The second-order valence-electron chi connectivity index (χ2n) is 8.75. The Morgan fingerprint density at radius 2 is 1.96 bits per heavy atom. The molecule has 6 nitrogen and oxygen atoms in total. The van der Waals surface area contributed by atoms with E-state index >= 15 is 0 Å². The van der Waals surface area contributed by atoms with E-state index in [2.05, 4.69) is 11.9 Å². The summed E-state index contributed by atoms with van der Waals surface area (Å²) < 4.78 is 20.9. The van der Waals surface area contributed by atoms with Crippen molar-refractivity contribution in [3.8, 4) is 5.82 Å². The van der Waals surface area contributed by atoms with Crippen molar-refractivity contribution in [3.05, 3.63) is 40.6 Å². The van der Waals surface area contributed by atoms with Gasteiger partial charge >= 0.3 is 6.09 Å². The van der Waals surface area contributed by atoms with Crippen LogP contribution in [-0.2, 0) is 17.6 Å². The number of pyridine rings is 1. The lowest BCUT2D eigenvalue weighted by Crippen LogP contribution is -2.41. The van der Waals surface area contributed by atoms with Gasteiger partial charge in [-0.05, 0) is 65.0 Å². The number of nitrogens with zero attached hydrogens (tertiary/aromatic N) is 4. The van der Waals surface area contributed by atoms with Crippen molar-refractivity contribution >= 4 is 6.09 Å². The summed E-state index contributed by atoms with van der Waals surface area (Å²) in [5.41, 5.74) is 3.87. The Morgan fingerprint density at radius 3 is 2.64 bits per heavy atom. The summed E-state index contributed by atoms with van der Waals surface area (Å²) in [7, 11) is 0. The SMILES string of the molecule is Cc1c(C2CCN(C(=O)OC(C)(C)C)CC2)nn2c1CCc1cc(F)cnc1-2. The number of piperidine rings is 1. The maximum absolute atomic E-state index is 13.5. The van der Waals surface area contributed by atoms with E-state index in [1.165, 1.54) is 11.8 Å². The van der Waals surface area contributed by atoms with E-state index in [1.54, 1.807) is 11.0 Å². The number of ether oxygens (including phenoxy) is 1. The van der Waals surface area contributed by atoms with Crippen LogP contribution >= 0.6 is 0 Å². The van der Waals surface area contributed by atoms with Crippen LogP contribution in [0.3, 0.4) is 0 Å². The maximum Gasteiger partial charge on any atom is 0.410 e. The molecule has 2 aromatic rings. The van der Waals surface area contributed by atoms with Gasteiger partial charge in [0.1, 0.15) is 11.4 Å². The van der Waals surface area contributed by atoms with Gasteiger partial charge in [-0.2, -0.15) is 5.10 Å². The van der Waals surface area contributed by atoms with Crippen LogP contribution in [0.1, 0.15) is 62.0 Å². The summed E-state index contributed by atoms with van der Waals surface area (Å²) in [5.74, 6) is 0.740. The lowest BCUT2D eigenvalue weighted by Gasteiger charge is -2.33. The zero-order valence-corrected chi connectivity index (χ0v) is 17.0. The van der Waals surface area contributed by atoms with Gasteiger partial charge in [-0.25, -0.2) is 18.9 Å². The molecule has 1 saturated heterocycles. The van der Waals surface area contributed by atoms with Gasteiger partial charge in [0.2, 0.25) is 0 Å². The fourth-order valence-electron chi connectivity index (χ4n) is 4.17. The van der Waals surface area contributed by atoms with Crippen LogP contribution in [-0.4, -0.2) is 44.4 Å². The van der Waals surface area contributed by atoms with E-state index in [4.69, 9.17) is 9.84 Å². The van der Waals surface area contributed by atoms with Gasteiger partial charge in [0.05, 0.1) is 11.9 Å². The summed E-state index contributed by atoms with van der Waals surface area (Å²) >= 11 is 0. The summed E-state index contributed by atoms with van der Waals surface area (Å²) in [6.45, 7) is 9.10. The molecule has 7 heteroatoms. The number of carbonyl (C=O) groups excluding carboxylic acids is 1. The van der Waals surface area contributed by atoms with Crippen LogP contribution in [0.4, 0.5) is 9.18 Å². The average molecular weight is 386 g/mol. The van der Waals surface area contributed by atoms with Crippen LogP contribution in [0.2, 0.25) is 0 Å². The Labute approximate surface area is 164 Å². The van der Waals surface area contributed by atoms with Crippen molar-refractivity contribution in [2.45, 2.75) is 64.9 Å². The van der Waals surface area contributed by atoms with E-state index < -0.39 is 5.60 Å². The molecule has 0 saturated carbocycles. The molecular formula is C21H27FN4O2. The third-order valence-electron chi connectivity index (χ3n) is 5.56. The number of halogens is 1. The molecule has 4 heterocycles. The molecule has 2 aliphatic heterocycles. The minimum atomic E-state index is -0.479. The zero-order chi connectivity index (χ0) is 20.1. The van der Waals surface area contributed by atoms with E-state index in [9.17, 15) is 9.18 Å². The molecule has 0 unspecified atom stereocenters. The normalized spacial score (nSPS) is 17.2. The van der Waals surface area contributed by atoms with Crippen molar-refractivity contribution in [2.24, 2.45) is 0 Å². The fourth-order valence-corrected chi connectivity index (χ4v) is 4.17.